The SMILES string of the molecule is C=CCOC(=O)N[C@H](COCCOCCO)COCCOCCOCC(=O)OC(C)(C)C. The zero-order chi connectivity index (χ0) is 24.1. The van der Waals surface area contributed by atoms with Crippen molar-refractivity contribution in [3.63, 3.8) is 0 Å². The molecule has 0 aliphatic carbocycles. The molecule has 0 aromatic carbocycles. The van der Waals surface area contributed by atoms with Gasteiger partial charge in [0.25, 0.3) is 0 Å². The molecule has 2 N–H and O–H groups in total. The Hall–Kier alpha value is -1.76. The van der Waals surface area contributed by atoms with E-state index >= 15 is 0 Å². The fourth-order valence-corrected chi connectivity index (χ4v) is 2.07. The largest absolute Gasteiger partial charge is 0.458 e. The molecule has 0 radical (unpaired) electrons. The second-order valence-electron chi connectivity index (χ2n) is 7.47. The number of alkyl carbamates (subject to hydrolysis) is 1. The van der Waals surface area contributed by atoms with E-state index < -0.39 is 23.7 Å². The van der Waals surface area contributed by atoms with Crippen LogP contribution in [-0.4, -0.2) is 108 Å². The van der Waals surface area contributed by atoms with Gasteiger partial charge in [0.1, 0.15) is 18.8 Å². The summed E-state index contributed by atoms with van der Waals surface area (Å²) in [7, 11) is 0. The molecule has 0 saturated carbocycles. The Kier molecular flexibility index (Phi) is 18.8. The summed E-state index contributed by atoms with van der Waals surface area (Å²) in [4.78, 5) is 23.2. The van der Waals surface area contributed by atoms with Crippen LogP contribution in [0.4, 0.5) is 4.79 Å². The number of aliphatic hydroxyl groups excluding tert-OH is 1. The Morgan fingerprint density at radius 1 is 0.906 bits per heavy atom. The fourth-order valence-electron chi connectivity index (χ4n) is 2.07. The first-order valence-corrected chi connectivity index (χ1v) is 10.5. The smallest absolute Gasteiger partial charge is 0.407 e. The number of aliphatic hydroxyl groups is 1. The van der Waals surface area contributed by atoms with E-state index in [1.165, 1.54) is 6.08 Å². The molecule has 0 saturated heterocycles. The zero-order valence-corrected chi connectivity index (χ0v) is 19.5. The number of rotatable bonds is 20. The van der Waals surface area contributed by atoms with Crippen LogP contribution < -0.4 is 5.32 Å². The normalized spacial score (nSPS) is 12.2. The zero-order valence-electron chi connectivity index (χ0n) is 19.5. The van der Waals surface area contributed by atoms with E-state index in [2.05, 4.69) is 11.9 Å². The average molecular weight is 466 g/mol. The molecule has 0 unspecified atom stereocenters. The summed E-state index contributed by atoms with van der Waals surface area (Å²) in [6.07, 6.45) is 0.867. The molecule has 32 heavy (non-hydrogen) atoms. The first kappa shape index (κ1) is 30.2. The minimum Gasteiger partial charge on any atom is -0.458 e. The van der Waals surface area contributed by atoms with Crippen molar-refractivity contribution in [3.8, 4) is 0 Å². The molecule has 0 spiro atoms. The lowest BCUT2D eigenvalue weighted by atomic mass is 10.2. The summed E-state index contributed by atoms with van der Waals surface area (Å²) in [6, 6.07) is -0.428. The molecule has 0 heterocycles. The van der Waals surface area contributed by atoms with Crippen molar-refractivity contribution in [2.75, 3.05) is 79.3 Å². The lowest BCUT2D eigenvalue weighted by molar-refractivity contribution is -0.160. The maximum Gasteiger partial charge on any atom is 0.407 e. The van der Waals surface area contributed by atoms with Crippen molar-refractivity contribution < 1.29 is 47.9 Å². The number of carbonyl (C=O) groups is 2. The van der Waals surface area contributed by atoms with Crippen molar-refractivity contribution in [2.24, 2.45) is 0 Å². The van der Waals surface area contributed by atoms with Crippen LogP contribution in [0.25, 0.3) is 0 Å². The first-order chi connectivity index (χ1) is 15.3. The maximum atomic E-state index is 11.7. The van der Waals surface area contributed by atoms with Gasteiger partial charge in [-0.3, -0.25) is 0 Å². The van der Waals surface area contributed by atoms with Crippen LogP contribution in [0.2, 0.25) is 0 Å². The van der Waals surface area contributed by atoms with Crippen LogP contribution in [0.15, 0.2) is 12.7 Å². The maximum absolute atomic E-state index is 11.7. The van der Waals surface area contributed by atoms with E-state index in [4.69, 9.17) is 38.3 Å². The standard InChI is InChI=1S/C21H39NO10/c1-5-7-31-20(25)22-18(15-28-12-9-26-8-6-23)16-29-13-10-27-11-14-30-17-19(24)32-21(2,3)4/h5,18,23H,1,6-17H2,2-4H3,(H,22,25)/t18-/m1/s1. The number of ether oxygens (including phenoxy) is 7. The van der Waals surface area contributed by atoms with Crippen LogP contribution in [0, 0.1) is 0 Å². The van der Waals surface area contributed by atoms with Gasteiger partial charge >= 0.3 is 12.1 Å². The van der Waals surface area contributed by atoms with Gasteiger partial charge in [-0.15, -0.1) is 0 Å². The lowest BCUT2D eigenvalue weighted by Crippen LogP contribution is -2.42. The van der Waals surface area contributed by atoms with E-state index in [0.717, 1.165) is 0 Å². The lowest BCUT2D eigenvalue weighted by Gasteiger charge is -2.19. The molecule has 0 rings (SSSR count). The Labute approximate surface area is 190 Å². The van der Waals surface area contributed by atoms with E-state index in [9.17, 15) is 9.59 Å². The topological polar surface area (TPSA) is 131 Å². The van der Waals surface area contributed by atoms with Gasteiger partial charge in [0.15, 0.2) is 0 Å². The molecule has 0 aromatic heterocycles. The van der Waals surface area contributed by atoms with E-state index in [-0.39, 0.29) is 46.2 Å². The predicted molar refractivity (Wildman–Crippen MR) is 115 cm³/mol. The van der Waals surface area contributed by atoms with Crippen molar-refractivity contribution in [1.82, 2.24) is 5.32 Å². The van der Waals surface area contributed by atoms with E-state index in [1.807, 2.05) is 0 Å². The number of hydrogen-bond donors (Lipinski definition) is 2. The molecule has 11 heteroatoms. The summed E-state index contributed by atoms with van der Waals surface area (Å²) in [6.45, 7) is 11.2. The van der Waals surface area contributed by atoms with Crippen molar-refractivity contribution in [1.29, 1.82) is 0 Å². The summed E-state index contributed by atoms with van der Waals surface area (Å²) in [5, 5.41) is 11.3. The van der Waals surface area contributed by atoms with E-state index in [0.29, 0.717) is 33.0 Å². The fraction of sp³-hybridized carbons (Fsp3) is 0.810. The first-order valence-electron chi connectivity index (χ1n) is 10.5. The van der Waals surface area contributed by atoms with Gasteiger partial charge in [0, 0.05) is 0 Å². The van der Waals surface area contributed by atoms with Gasteiger partial charge in [-0.1, -0.05) is 12.7 Å². The Bertz CT molecular complexity index is 495. The molecular weight excluding hydrogens is 426 g/mol. The van der Waals surface area contributed by atoms with E-state index in [1.54, 1.807) is 20.8 Å². The molecule has 0 aliphatic heterocycles. The number of esters is 1. The average Bonchev–Trinajstić information content (AvgIpc) is 2.71. The van der Waals surface area contributed by atoms with Gasteiger partial charge in [0.2, 0.25) is 0 Å². The Morgan fingerprint density at radius 3 is 1.97 bits per heavy atom. The second kappa shape index (κ2) is 19.9. The van der Waals surface area contributed by atoms with Gasteiger partial charge in [0.05, 0.1) is 72.1 Å². The number of amides is 1. The molecule has 0 fully saturated rings. The number of carbonyl (C=O) groups excluding carboxylic acids is 2. The van der Waals surface area contributed by atoms with Crippen molar-refractivity contribution in [3.05, 3.63) is 12.7 Å². The molecule has 1 atom stereocenters. The molecular formula is C21H39NO10. The summed E-state index contributed by atoms with van der Waals surface area (Å²) in [5.41, 5.74) is -0.540. The Morgan fingerprint density at radius 2 is 1.44 bits per heavy atom. The minimum atomic E-state index is -0.600. The summed E-state index contributed by atoms with van der Waals surface area (Å²) >= 11 is 0. The van der Waals surface area contributed by atoms with Gasteiger partial charge in [-0.2, -0.15) is 0 Å². The molecule has 11 nitrogen and oxygen atoms in total. The Balaban J connectivity index is 3.91. The third kappa shape index (κ3) is 21.5. The monoisotopic (exact) mass is 465 g/mol. The van der Waals surface area contributed by atoms with Gasteiger partial charge in [-0.05, 0) is 20.8 Å². The highest BCUT2D eigenvalue weighted by atomic mass is 16.6. The molecule has 1 amide bonds. The number of nitrogens with one attached hydrogen (secondary N) is 1. The van der Waals surface area contributed by atoms with Crippen LogP contribution in [0.5, 0.6) is 0 Å². The van der Waals surface area contributed by atoms with Crippen LogP contribution in [0.1, 0.15) is 20.8 Å². The third-order valence-electron chi connectivity index (χ3n) is 3.28. The molecule has 0 bridgehead atoms. The second-order valence-corrected chi connectivity index (χ2v) is 7.47. The minimum absolute atomic E-state index is 0.0505. The van der Waals surface area contributed by atoms with Crippen molar-refractivity contribution in [2.45, 2.75) is 32.4 Å². The molecule has 188 valence electrons. The van der Waals surface area contributed by atoms with Crippen LogP contribution >= 0.6 is 0 Å². The number of hydrogen-bond acceptors (Lipinski definition) is 10. The molecule has 0 aromatic rings. The quantitative estimate of drug-likeness (QED) is 0.150. The highest BCUT2D eigenvalue weighted by Gasteiger charge is 2.16. The van der Waals surface area contributed by atoms with Crippen LogP contribution in [-0.2, 0) is 38.0 Å². The predicted octanol–water partition coefficient (Wildman–Crippen LogP) is 0.684. The highest BCUT2D eigenvalue weighted by molar-refractivity contribution is 5.71. The highest BCUT2D eigenvalue weighted by Crippen LogP contribution is 2.06. The van der Waals surface area contributed by atoms with Crippen molar-refractivity contribution >= 4 is 12.1 Å². The van der Waals surface area contributed by atoms with Gasteiger partial charge in [-0.25, -0.2) is 9.59 Å². The molecule has 0 aliphatic rings. The van der Waals surface area contributed by atoms with Gasteiger partial charge < -0.3 is 43.6 Å². The summed E-state index contributed by atoms with van der Waals surface area (Å²) < 4.78 is 36.7. The third-order valence-corrected chi connectivity index (χ3v) is 3.28. The summed E-state index contributed by atoms with van der Waals surface area (Å²) in [5.74, 6) is -0.423. The van der Waals surface area contributed by atoms with Crippen LogP contribution in [0.3, 0.4) is 0 Å².